The number of nitrogens with zero attached hydrogens (tertiary/aromatic N) is 3. The quantitative estimate of drug-likeness (QED) is 0.799. The van der Waals surface area contributed by atoms with Crippen molar-refractivity contribution in [1.82, 2.24) is 14.7 Å². The Morgan fingerprint density at radius 1 is 1.00 bits per heavy atom. The molecule has 0 saturated carbocycles. The van der Waals surface area contributed by atoms with Crippen LogP contribution in [-0.2, 0) is 4.79 Å². The van der Waals surface area contributed by atoms with Crippen LogP contribution in [0.15, 0.2) is 47.8 Å². The summed E-state index contributed by atoms with van der Waals surface area (Å²) in [5, 5.41) is 1.93. The van der Waals surface area contributed by atoms with E-state index in [1.54, 1.807) is 0 Å². The third kappa shape index (κ3) is 3.98. The van der Waals surface area contributed by atoms with E-state index in [-0.39, 0.29) is 23.8 Å². The zero-order valence-corrected chi connectivity index (χ0v) is 17.1. The van der Waals surface area contributed by atoms with Gasteiger partial charge in [0.25, 0.3) is 5.91 Å². The lowest BCUT2D eigenvalue weighted by Crippen LogP contribution is -2.53. The van der Waals surface area contributed by atoms with Gasteiger partial charge in [-0.05, 0) is 36.9 Å². The van der Waals surface area contributed by atoms with Crippen LogP contribution in [0.5, 0.6) is 0 Å². The number of carbonyl (C=O) groups is 2. The molecule has 0 spiro atoms. The van der Waals surface area contributed by atoms with E-state index in [0.29, 0.717) is 6.54 Å². The van der Waals surface area contributed by atoms with Gasteiger partial charge in [-0.15, -0.1) is 11.3 Å². The van der Waals surface area contributed by atoms with Crippen molar-refractivity contribution in [2.75, 3.05) is 39.8 Å². The van der Waals surface area contributed by atoms with Gasteiger partial charge in [0, 0.05) is 32.7 Å². The van der Waals surface area contributed by atoms with Crippen molar-refractivity contribution in [2.24, 2.45) is 5.92 Å². The Morgan fingerprint density at radius 2 is 1.82 bits per heavy atom. The van der Waals surface area contributed by atoms with Gasteiger partial charge in [-0.3, -0.25) is 9.59 Å². The molecule has 6 heteroatoms. The second-order valence-corrected chi connectivity index (χ2v) is 8.74. The fraction of sp³-hybridized carbons (Fsp3) is 0.455. The van der Waals surface area contributed by atoms with E-state index >= 15 is 0 Å². The van der Waals surface area contributed by atoms with Crippen LogP contribution in [0, 0.1) is 5.92 Å². The fourth-order valence-electron chi connectivity index (χ4n) is 4.30. The minimum atomic E-state index is -0.104. The molecule has 1 aromatic heterocycles. The molecule has 0 radical (unpaired) electrons. The monoisotopic (exact) mass is 397 g/mol. The van der Waals surface area contributed by atoms with Crippen molar-refractivity contribution < 1.29 is 9.59 Å². The Bertz CT molecular complexity index is 808. The molecule has 0 aliphatic carbocycles. The Hall–Kier alpha value is -2.18. The maximum absolute atomic E-state index is 13.5. The molecular formula is C22H27N3O2S. The standard InChI is InChI=1S/C22H27N3O2S/c1-23-12-13-25(19(16-23)17-7-3-2-4-8-17)21(26)18-9-5-11-24(15-18)22(27)20-10-6-14-28-20/h2-4,6-8,10,14,18-19H,5,9,11-13,15-16H2,1H3/t18-,19-/m1/s1. The van der Waals surface area contributed by atoms with Crippen molar-refractivity contribution in [1.29, 1.82) is 0 Å². The van der Waals surface area contributed by atoms with E-state index in [0.717, 1.165) is 43.9 Å². The summed E-state index contributed by atoms with van der Waals surface area (Å²) in [4.78, 5) is 33.2. The highest BCUT2D eigenvalue weighted by molar-refractivity contribution is 7.12. The van der Waals surface area contributed by atoms with Gasteiger partial charge < -0.3 is 14.7 Å². The molecule has 4 rings (SSSR count). The first kappa shape index (κ1) is 19.2. The van der Waals surface area contributed by atoms with E-state index < -0.39 is 0 Å². The Morgan fingerprint density at radius 3 is 2.57 bits per heavy atom. The maximum Gasteiger partial charge on any atom is 0.263 e. The fourth-order valence-corrected chi connectivity index (χ4v) is 4.99. The van der Waals surface area contributed by atoms with Gasteiger partial charge in [-0.1, -0.05) is 36.4 Å². The number of carbonyl (C=O) groups excluding carboxylic acids is 2. The molecule has 2 saturated heterocycles. The smallest absolute Gasteiger partial charge is 0.263 e. The molecule has 0 N–H and O–H groups in total. The second-order valence-electron chi connectivity index (χ2n) is 7.79. The molecule has 0 unspecified atom stereocenters. The molecule has 2 aromatic rings. The van der Waals surface area contributed by atoms with Gasteiger partial charge in [0.15, 0.2) is 0 Å². The van der Waals surface area contributed by atoms with Crippen LogP contribution in [0.1, 0.15) is 34.1 Å². The number of likely N-dealkylation sites (N-methyl/N-ethyl adjacent to an activating group) is 1. The van der Waals surface area contributed by atoms with Crippen molar-refractivity contribution in [3.8, 4) is 0 Å². The Balaban J connectivity index is 1.49. The third-order valence-electron chi connectivity index (χ3n) is 5.84. The van der Waals surface area contributed by atoms with E-state index in [1.165, 1.54) is 16.9 Å². The molecule has 1 aromatic carbocycles. The van der Waals surface area contributed by atoms with Crippen LogP contribution in [0.4, 0.5) is 0 Å². The number of likely N-dealkylation sites (tertiary alicyclic amines) is 1. The van der Waals surface area contributed by atoms with Crippen LogP contribution < -0.4 is 0 Å². The first-order chi connectivity index (χ1) is 13.6. The molecule has 148 valence electrons. The molecule has 0 bridgehead atoms. The first-order valence-corrected chi connectivity index (χ1v) is 10.9. The Labute approximate surface area is 170 Å². The van der Waals surface area contributed by atoms with Crippen LogP contribution >= 0.6 is 11.3 Å². The summed E-state index contributed by atoms with van der Waals surface area (Å²) in [6.07, 6.45) is 1.75. The number of amides is 2. The molecule has 2 fully saturated rings. The summed E-state index contributed by atoms with van der Waals surface area (Å²) in [5.74, 6) is 0.156. The summed E-state index contributed by atoms with van der Waals surface area (Å²) in [5.41, 5.74) is 1.18. The molecule has 2 aliphatic heterocycles. The van der Waals surface area contributed by atoms with Crippen molar-refractivity contribution >= 4 is 23.2 Å². The van der Waals surface area contributed by atoms with Crippen molar-refractivity contribution in [2.45, 2.75) is 18.9 Å². The number of benzene rings is 1. The minimum absolute atomic E-state index is 0.0606. The number of hydrogen-bond donors (Lipinski definition) is 0. The minimum Gasteiger partial charge on any atom is -0.337 e. The molecule has 5 nitrogen and oxygen atoms in total. The molecule has 3 heterocycles. The molecule has 28 heavy (non-hydrogen) atoms. The number of piperidine rings is 1. The molecule has 2 aliphatic rings. The van der Waals surface area contributed by atoms with Crippen LogP contribution in [0.3, 0.4) is 0 Å². The first-order valence-electron chi connectivity index (χ1n) is 10.00. The topological polar surface area (TPSA) is 43.9 Å². The largest absolute Gasteiger partial charge is 0.337 e. The van der Waals surface area contributed by atoms with Gasteiger partial charge >= 0.3 is 0 Å². The average Bonchev–Trinajstić information content (AvgIpc) is 3.28. The molecule has 2 amide bonds. The lowest BCUT2D eigenvalue weighted by atomic mass is 9.93. The van der Waals surface area contributed by atoms with Crippen LogP contribution in [0.2, 0.25) is 0 Å². The van der Waals surface area contributed by atoms with Gasteiger partial charge in [-0.25, -0.2) is 0 Å². The van der Waals surface area contributed by atoms with Crippen molar-refractivity contribution in [3.05, 3.63) is 58.3 Å². The number of rotatable bonds is 3. The highest BCUT2D eigenvalue weighted by atomic mass is 32.1. The summed E-state index contributed by atoms with van der Waals surface area (Å²) < 4.78 is 0. The average molecular weight is 398 g/mol. The van der Waals surface area contributed by atoms with Crippen molar-refractivity contribution in [3.63, 3.8) is 0 Å². The van der Waals surface area contributed by atoms with E-state index in [4.69, 9.17) is 0 Å². The zero-order valence-electron chi connectivity index (χ0n) is 16.3. The number of hydrogen-bond acceptors (Lipinski definition) is 4. The second kappa shape index (κ2) is 8.45. The van der Waals surface area contributed by atoms with E-state index in [1.807, 2.05) is 40.6 Å². The lowest BCUT2D eigenvalue weighted by Gasteiger charge is -2.43. The van der Waals surface area contributed by atoms with Gasteiger partial charge in [0.2, 0.25) is 5.91 Å². The highest BCUT2D eigenvalue weighted by Gasteiger charge is 2.36. The predicted molar refractivity (Wildman–Crippen MR) is 111 cm³/mol. The summed E-state index contributed by atoms with van der Waals surface area (Å²) >= 11 is 1.47. The third-order valence-corrected chi connectivity index (χ3v) is 6.70. The highest BCUT2D eigenvalue weighted by Crippen LogP contribution is 2.29. The van der Waals surface area contributed by atoms with Crippen LogP contribution in [-0.4, -0.2) is 66.3 Å². The van der Waals surface area contributed by atoms with Gasteiger partial charge in [0.05, 0.1) is 16.8 Å². The predicted octanol–water partition coefficient (Wildman–Crippen LogP) is 3.12. The maximum atomic E-state index is 13.5. The number of thiophene rings is 1. The van der Waals surface area contributed by atoms with Gasteiger partial charge in [0.1, 0.15) is 0 Å². The Kier molecular flexibility index (Phi) is 5.78. The summed E-state index contributed by atoms with van der Waals surface area (Å²) in [6.45, 7) is 3.75. The zero-order chi connectivity index (χ0) is 19.5. The molecule has 2 atom stereocenters. The van der Waals surface area contributed by atoms with E-state index in [2.05, 4.69) is 29.0 Å². The SMILES string of the molecule is CN1CCN(C(=O)[C@@H]2CCCN(C(=O)c3cccs3)C2)[C@@H](c2ccccc2)C1. The summed E-state index contributed by atoms with van der Waals surface area (Å²) in [6, 6.07) is 14.1. The van der Waals surface area contributed by atoms with Gasteiger partial charge in [-0.2, -0.15) is 0 Å². The lowest BCUT2D eigenvalue weighted by molar-refractivity contribution is -0.142. The molecular weight excluding hydrogens is 370 g/mol. The summed E-state index contributed by atoms with van der Waals surface area (Å²) in [7, 11) is 2.11. The number of piperazine rings is 1. The van der Waals surface area contributed by atoms with Crippen LogP contribution in [0.25, 0.3) is 0 Å². The van der Waals surface area contributed by atoms with E-state index in [9.17, 15) is 9.59 Å². The normalized spacial score (nSPS) is 23.6.